The number of anilines is 1. The first-order chi connectivity index (χ1) is 8.19. The van der Waals surface area contributed by atoms with E-state index in [1.807, 2.05) is 17.0 Å². The Morgan fingerprint density at radius 3 is 2.59 bits per heavy atom. The number of benzene rings is 1. The lowest BCUT2D eigenvalue weighted by atomic mass is 10.1. The molecule has 0 saturated heterocycles. The molecule has 1 rings (SSSR count). The molecule has 0 aliphatic carbocycles. The average Bonchev–Trinajstić information content (AvgIpc) is 2.33. The Hall–Kier alpha value is -1.31. The van der Waals surface area contributed by atoms with Gasteiger partial charge in [-0.25, -0.2) is 0 Å². The third-order valence-electron chi connectivity index (χ3n) is 2.81. The van der Waals surface area contributed by atoms with Gasteiger partial charge in [0.1, 0.15) is 0 Å². The largest absolute Gasteiger partial charge is 0.312 e. The molecule has 2 heteroatoms. The number of hydrogen-bond donors (Lipinski definition) is 0. The van der Waals surface area contributed by atoms with Gasteiger partial charge in [0.25, 0.3) is 0 Å². The molecular formula is C15H23NO. The van der Waals surface area contributed by atoms with Crippen LogP contribution in [0, 0.1) is 6.92 Å². The summed E-state index contributed by atoms with van der Waals surface area (Å²) in [6.45, 7) is 7.09. The van der Waals surface area contributed by atoms with Crippen LogP contribution in [-0.4, -0.2) is 12.5 Å². The average molecular weight is 233 g/mol. The summed E-state index contributed by atoms with van der Waals surface area (Å²) in [7, 11) is 0. The number of amides is 1. The highest BCUT2D eigenvalue weighted by Gasteiger charge is 2.13. The SMILES string of the molecule is CCCCC(=O)N(CCC)c1cccc(C)c1. The second-order valence-corrected chi connectivity index (χ2v) is 4.49. The number of rotatable bonds is 6. The first-order valence-corrected chi connectivity index (χ1v) is 6.56. The highest BCUT2D eigenvalue weighted by molar-refractivity contribution is 5.93. The fourth-order valence-electron chi connectivity index (χ4n) is 1.88. The van der Waals surface area contributed by atoms with Crippen LogP contribution in [0.3, 0.4) is 0 Å². The van der Waals surface area contributed by atoms with Crippen LogP contribution in [0.4, 0.5) is 5.69 Å². The molecule has 2 nitrogen and oxygen atoms in total. The van der Waals surface area contributed by atoms with E-state index in [0.717, 1.165) is 31.5 Å². The van der Waals surface area contributed by atoms with Gasteiger partial charge < -0.3 is 4.90 Å². The van der Waals surface area contributed by atoms with Gasteiger partial charge in [-0.3, -0.25) is 4.79 Å². The van der Waals surface area contributed by atoms with E-state index in [9.17, 15) is 4.79 Å². The Bertz CT molecular complexity index is 360. The lowest BCUT2D eigenvalue weighted by Gasteiger charge is -2.22. The van der Waals surface area contributed by atoms with Crippen molar-refractivity contribution in [1.82, 2.24) is 0 Å². The summed E-state index contributed by atoms with van der Waals surface area (Å²) in [5.41, 5.74) is 2.24. The molecule has 0 heterocycles. The van der Waals surface area contributed by atoms with Crippen LogP contribution in [0.25, 0.3) is 0 Å². The number of unbranched alkanes of at least 4 members (excludes halogenated alkanes) is 1. The van der Waals surface area contributed by atoms with Crippen molar-refractivity contribution in [3.05, 3.63) is 29.8 Å². The molecule has 0 aromatic heterocycles. The van der Waals surface area contributed by atoms with E-state index in [1.54, 1.807) is 0 Å². The third kappa shape index (κ3) is 4.22. The van der Waals surface area contributed by atoms with Crippen LogP contribution < -0.4 is 4.90 Å². The number of carbonyl (C=O) groups is 1. The van der Waals surface area contributed by atoms with E-state index >= 15 is 0 Å². The van der Waals surface area contributed by atoms with Crippen molar-refractivity contribution in [2.24, 2.45) is 0 Å². The summed E-state index contributed by atoms with van der Waals surface area (Å²) >= 11 is 0. The van der Waals surface area contributed by atoms with Gasteiger partial charge in [-0.05, 0) is 37.5 Å². The minimum Gasteiger partial charge on any atom is -0.312 e. The molecule has 17 heavy (non-hydrogen) atoms. The van der Waals surface area contributed by atoms with Crippen molar-refractivity contribution in [2.45, 2.75) is 46.5 Å². The summed E-state index contributed by atoms with van der Waals surface area (Å²) in [6.07, 6.45) is 3.70. The van der Waals surface area contributed by atoms with Gasteiger partial charge >= 0.3 is 0 Å². The third-order valence-corrected chi connectivity index (χ3v) is 2.81. The predicted molar refractivity (Wildman–Crippen MR) is 73.3 cm³/mol. The molecule has 0 fully saturated rings. The monoisotopic (exact) mass is 233 g/mol. The van der Waals surface area contributed by atoms with Crippen LogP contribution in [-0.2, 0) is 4.79 Å². The van der Waals surface area contributed by atoms with Crippen LogP contribution in [0.15, 0.2) is 24.3 Å². The molecular weight excluding hydrogens is 210 g/mol. The maximum atomic E-state index is 12.1. The van der Waals surface area contributed by atoms with Crippen LogP contribution in [0.5, 0.6) is 0 Å². The summed E-state index contributed by atoms with van der Waals surface area (Å²) < 4.78 is 0. The quantitative estimate of drug-likeness (QED) is 0.729. The molecule has 1 amide bonds. The Morgan fingerprint density at radius 2 is 2.00 bits per heavy atom. The van der Waals surface area contributed by atoms with E-state index in [1.165, 1.54) is 5.56 Å². The van der Waals surface area contributed by atoms with Gasteiger partial charge in [-0.2, -0.15) is 0 Å². The number of hydrogen-bond acceptors (Lipinski definition) is 1. The zero-order valence-corrected chi connectivity index (χ0v) is 11.2. The molecule has 1 aromatic carbocycles. The fraction of sp³-hybridized carbons (Fsp3) is 0.533. The van der Waals surface area contributed by atoms with Crippen LogP contribution in [0.2, 0.25) is 0 Å². The van der Waals surface area contributed by atoms with Crippen LogP contribution in [0.1, 0.15) is 45.1 Å². The Kier molecular flexibility index (Phi) is 5.75. The molecule has 94 valence electrons. The van der Waals surface area contributed by atoms with E-state index in [0.29, 0.717) is 6.42 Å². The molecule has 0 aliphatic heterocycles. The molecule has 0 atom stereocenters. The number of aryl methyl sites for hydroxylation is 1. The second kappa shape index (κ2) is 7.10. The molecule has 0 unspecified atom stereocenters. The van der Waals surface area contributed by atoms with Gasteiger partial charge in [0.15, 0.2) is 0 Å². The standard InChI is InChI=1S/C15H23NO/c1-4-6-10-15(17)16(11-5-2)14-9-7-8-13(3)12-14/h7-9,12H,4-6,10-11H2,1-3H3. The van der Waals surface area contributed by atoms with Gasteiger partial charge in [0, 0.05) is 18.7 Å². The summed E-state index contributed by atoms with van der Waals surface area (Å²) in [5.74, 6) is 0.249. The van der Waals surface area contributed by atoms with Crippen molar-refractivity contribution >= 4 is 11.6 Å². The fourth-order valence-corrected chi connectivity index (χ4v) is 1.88. The van der Waals surface area contributed by atoms with E-state index in [-0.39, 0.29) is 5.91 Å². The van der Waals surface area contributed by atoms with E-state index in [2.05, 4.69) is 32.9 Å². The van der Waals surface area contributed by atoms with Gasteiger partial charge in [-0.1, -0.05) is 32.4 Å². The van der Waals surface area contributed by atoms with Gasteiger partial charge in [0.2, 0.25) is 5.91 Å². The van der Waals surface area contributed by atoms with Crippen molar-refractivity contribution in [2.75, 3.05) is 11.4 Å². The van der Waals surface area contributed by atoms with Crippen molar-refractivity contribution in [3.63, 3.8) is 0 Å². The first kappa shape index (κ1) is 13.8. The molecule has 0 spiro atoms. The van der Waals surface area contributed by atoms with E-state index in [4.69, 9.17) is 0 Å². The molecule has 0 N–H and O–H groups in total. The maximum Gasteiger partial charge on any atom is 0.226 e. The summed E-state index contributed by atoms with van der Waals surface area (Å²) in [4.78, 5) is 14.0. The van der Waals surface area contributed by atoms with Gasteiger partial charge in [0.05, 0.1) is 0 Å². The maximum absolute atomic E-state index is 12.1. The lowest BCUT2D eigenvalue weighted by molar-refractivity contribution is -0.118. The zero-order chi connectivity index (χ0) is 12.7. The topological polar surface area (TPSA) is 20.3 Å². The first-order valence-electron chi connectivity index (χ1n) is 6.56. The van der Waals surface area contributed by atoms with Crippen molar-refractivity contribution < 1.29 is 4.79 Å². The summed E-state index contributed by atoms with van der Waals surface area (Å²) in [5, 5.41) is 0. The molecule has 0 radical (unpaired) electrons. The Labute approximate surface area is 105 Å². The summed E-state index contributed by atoms with van der Waals surface area (Å²) in [6, 6.07) is 8.18. The highest BCUT2D eigenvalue weighted by Crippen LogP contribution is 2.18. The number of nitrogens with zero attached hydrogens (tertiary/aromatic N) is 1. The van der Waals surface area contributed by atoms with Crippen molar-refractivity contribution in [1.29, 1.82) is 0 Å². The minimum atomic E-state index is 0.249. The minimum absolute atomic E-state index is 0.249. The molecule has 0 aliphatic rings. The Morgan fingerprint density at radius 1 is 1.24 bits per heavy atom. The smallest absolute Gasteiger partial charge is 0.226 e. The predicted octanol–water partition coefficient (Wildman–Crippen LogP) is 3.93. The van der Waals surface area contributed by atoms with Gasteiger partial charge in [-0.15, -0.1) is 0 Å². The molecule has 1 aromatic rings. The highest BCUT2D eigenvalue weighted by atomic mass is 16.2. The van der Waals surface area contributed by atoms with E-state index < -0.39 is 0 Å². The number of carbonyl (C=O) groups excluding carboxylic acids is 1. The molecule has 0 saturated carbocycles. The van der Waals surface area contributed by atoms with Crippen LogP contribution >= 0.6 is 0 Å². The second-order valence-electron chi connectivity index (χ2n) is 4.49. The van der Waals surface area contributed by atoms with Crippen molar-refractivity contribution in [3.8, 4) is 0 Å². The lowest BCUT2D eigenvalue weighted by Crippen LogP contribution is -2.31. The normalized spacial score (nSPS) is 10.3. The Balaban J connectivity index is 2.81. The zero-order valence-electron chi connectivity index (χ0n) is 11.2. The molecule has 0 bridgehead atoms.